The molecule has 0 aliphatic carbocycles. The first kappa shape index (κ1) is 16.8. The van der Waals surface area contributed by atoms with Crippen LogP contribution in [0.3, 0.4) is 0 Å². The predicted molar refractivity (Wildman–Crippen MR) is 99.3 cm³/mol. The number of halogens is 1. The minimum Gasteiger partial charge on any atom is -0.371 e. The first-order valence-corrected chi connectivity index (χ1v) is 8.76. The predicted octanol–water partition coefficient (Wildman–Crippen LogP) is 3.36. The molecule has 1 aromatic carbocycles. The summed E-state index contributed by atoms with van der Waals surface area (Å²) in [6.45, 7) is 6.82. The van der Waals surface area contributed by atoms with Gasteiger partial charge in [-0.25, -0.2) is 4.98 Å². The van der Waals surface area contributed by atoms with Crippen molar-refractivity contribution in [1.82, 2.24) is 24.3 Å². The summed E-state index contributed by atoms with van der Waals surface area (Å²) in [6, 6.07) is 5.72. The number of ether oxygens (including phenoxy) is 1. The van der Waals surface area contributed by atoms with E-state index in [-0.39, 0.29) is 6.10 Å². The minimum atomic E-state index is 0.101. The number of terminal acetylenes is 1. The summed E-state index contributed by atoms with van der Waals surface area (Å²) >= 11 is 6.27. The molecule has 6 nitrogen and oxygen atoms in total. The van der Waals surface area contributed by atoms with Crippen molar-refractivity contribution < 1.29 is 4.74 Å². The Labute approximate surface area is 156 Å². The fourth-order valence-corrected chi connectivity index (χ4v) is 3.41. The van der Waals surface area contributed by atoms with Crippen molar-refractivity contribution in [3.8, 4) is 29.4 Å². The molecule has 3 aromatic rings. The monoisotopic (exact) mass is 367 g/mol. The summed E-state index contributed by atoms with van der Waals surface area (Å²) in [6.07, 6.45) is 5.80. The Kier molecular flexibility index (Phi) is 4.06. The molecular formula is C19H18ClN5O. The molecule has 0 radical (unpaired) electrons. The van der Waals surface area contributed by atoms with Crippen molar-refractivity contribution in [2.75, 3.05) is 0 Å². The van der Waals surface area contributed by atoms with Gasteiger partial charge in [-0.2, -0.15) is 0 Å². The van der Waals surface area contributed by atoms with Crippen molar-refractivity contribution in [2.45, 2.75) is 40.0 Å². The number of hydrogen-bond acceptors (Lipinski definition) is 4. The Balaban J connectivity index is 1.97. The van der Waals surface area contributed by atoms with E-state index in [1.54, 1.807) is 0 Å². The summed E-state index contributed by atoms with van der Waals surface area (Å²) in [7, 11) is 0. The number of rotatable bonds is 3. The number of fused-ring (bicyclic) bond motifs is 5. The molecule has 0 spiro atoms. The Bertz CT molecular complexity index is 1040. The van der Waals surface area contributed by atoms with E-state index in [1.165, 1.54) is 0 Å². The van der Waals surface area contributed by atoms with E-state index in [0.29, 0.717) is 23.9 Å². The number of nitrogens with zero attached hydrogens (tertiary/aromatic N) is 5. The maximum atomic E-state index is 6.27. The van der Waals surface area contributed by atoms with Crippen LogP contribution >= 0.6 is 11.6 Å². The zero-order valence-electron chi connectivity index (χ0n) is 14.8. The zero-order chi connectivity index (χ0) is 18.4. The van der Waals surface area contributed by atoms with Gasteiger partial charge < -0.3 is 9.30 Å². The van der Waals surface area contributed by atoms with E-state index in [1.807, 2.05) is 43.5 Å². The van der Waals surface area contributed by atoms with E-state index in [9.17, 15) is 0 Å². The molecule has 0 atom stereocenters. The lowest BCUT2D eigenvalue weighted by Crippen LogP contribution is -2.12. The molecule has 1 aliphatic heterocycles. The van der Waals surface area contributed by atoms with Crippen molar-refractivity contribution in [2.24, 2.45) is 0 Å². The van der Waals surface area contributed by atoms with Gasteiger partial charge in [0.15, 0.2) is 11.6 Å². The average Bonchev–Trinajstić information content (AvgIpc) is 3.10. The van der Waals surface area contributed by atoms with Crippen LogP contribution in [0, 0.1) is 19.3 Å². The summed E-state index contributed by atoms with van der Waals surface area (Å²) in [5.74, 6) is 5.02. The van der Waals surface area contributed by atoms with Crippen LogP contribution in [-0.4, -0.2) is 30.4 Å². The van der Waals surface area contributed by atoms with Gasteiger partial charge >= 0.3 is 0 Å². The van der Waals surface area contributed by atoms with Gasteiger partial charge in [-0.15, -0.1) is 16.6 Å². The first-order valence-electron chi connectivity index (χ1n) is 8.38. The molecule has 0 bridgehead atoms. The van der Waals surface area contributed by atoms with E-state index >= 15 is 0 Å². The van der Waals surface area contributed by atoms with Crippen LogP contribution in [0.25, 0.3) is 17.1 Å². The molecule has 0 amide bonds. The van der Waals surface area contributed by atoms with Gasteiger partial charge in [0.2, 0.25) is 0 Å². The number of aryl methyl sites for hydroxylation is 1. The molecular weight excluding hydrogens is 350 g/mol. The van der Waals surface area contributed by atoms with Gasteiger partial charge in [0.05, 0.1) is 24.0 Å². The van der Waals surface area contributed by atoms with E-state index < -0.39 is 0 Å². The fraction of sp³-hybridized carbons (Fsp3) is 0.316. The van der Waals surface area contributed by atoms with Crippen LogP contribution in [0.1, 0.15) is 36.9 Å². The second-order valence-electron chi connectivity index (χ2n) is 6.48. The van der Waals surface area contributed by atoms with Crippen molar-refractivity contribution in [1.29, 1.82) is 0 Å². The van der Waals surface area contributed by atoms with Crippen LogP contribution in [0.2, 0.25) is 5.02 Å². The Morgan fingerprint density at radius 2 is 2.15 bits per heavy atom. The van der Waals surface area contributed by atoms with Gasteiger partial charge in [0, 0.05) is 10.6 Å². The molecule has 4 rings (SSSR count). The second-order valence-corrected chi connectivity index (χ2v) is 6.92. The molecule has 1 aliphatic rings. The van der Waals surface area contributed by atoms with E-state index in [0.717, 1.165) is 34.4 Å². The van der Waals surface area contributed by atoms with Gasteiger partial charge in [0.25, 0.3) is 0 Å². The maximum Gasteiger partial charge on any atom is 0.166 e. The lowest BCUT2D eigenvalue weighted by molar-refractivity contribution is 0.0595. The van der Waals surface area contributed by atoms with Crippen LogP contribution in [0.5, 0.6) is 0 Å². The first-order chi connectivity index (χ1) is 12.5. The highest BCUT2D eigenvalue weighted by molar-refractivity contribution is 6.31. The van der Waals surface area contributed by atoms with Gasteiger partial charge in [0.1, 0.15) is 18.1 Å². The van der Waals surface area contributed by atoms with E-state index in [4.69, 9.17) is 22.8 Å². The molecule has 26 heavy (non-hydrogen) atoms. The highest BCUT2D eigenvalue weighted by Crippen LogP contribution is 2.35. The molecule has 0 saturated carbocycles. The summed E-state index contributed by atoms with van der Waals surface area (Å²) in [5.41, 5.74) is 3.39. The second kappa shape index (κ2) is 6.27. The minimum absolute atomic E-state index is 0.101. The molecule has 3 heterocycles. The average molecular weight is 368 g/mol. The Morgan fingerprint density at radius 1 is 1.35 bits per heavy atom. The third-order valence-corrected chi connectivity index (χ3v) is 4.63. The standard InChI is InChI=1S/C19H18ClN5O/c1-5-15-17-9-24-18(10-26-11(2)3)22-23-19(24)14-8-13(20)6-7-16(14)25(17)12(4)21-15/h1,6-8,11H,9-10H2,2-4H3. The normalized spacial score (nSPS) is 12.3. The van der Waals surface area contributed by atoms with Gasteiger partial charge in [-0.05, 0) is 44.9 Å². The number of imidazole rings is 1. The molecule has 7 heteroatoms. The summed E-state index contributed by atoms with van der Waals surface area (Å²) < 4.78 is 9.84. The van der Waals surface area contributed by atoms with Crippen LogP contribution < -0.4 is 0 Å². The SMILES string of the molecule is C#Cc1nc(C)n2c1Cn1c(COC(C)C)nnc1-c1cc(Cl)ccc1-2. The fourth-order valence-electron chi connectivity index (χ4n) is 3.24. The number of benzene rings is 1. The lowest BCUT2D eigenvalue weighted by atomic mass is 10.1. The van der Waals surface area contributed by atoms with E-state index in [2.05, 4.69) is 25.7 Å². The third kappa shape index (κ3) is 2.61. The number of aromatic nitrogens is 5. The molecule has 0 fully saturated rings. The van der Waals surface area contributed by atoms with Gasteiger partial charge in [-0.1, -0.05) is 11.6 Å². The van der Waals surface area contributed by atoms with Gasteiger partial charge in [-0.3, -0.25) is 4.57 Å². The topological polar surface area (TPSA) is 57.8 Å². The third-order valence-electron chi connectivity index (χ3n) is 4.40. The number of hydrogen-bond donors (Lipinski definition) is 0. The molecule has 132 valence electrons. The molecule has 0 saturated heterocycles. The highest BCUT2D eigenvalue weighted by Gasteiger charge is 2.27. The van der Waals surface area contributed by atoms with Crippen molar-refractivity contribution in [3.05, 3.63) is 46.3 Å². The highest BCUT2D eigenvalue weighted by atomic mass is 35.5. The van der Waals surface area contributed by atoms with Crippen molar-refractivity contribution >= 4 is 11.6 Å². The molecule has 0 N–H and O–H groups in total. The smallest absolute Gasteiger partial charge is 0.166 e. The quantitative estimate of drug-likeness (QED) is 0.521. The van der Waals surface area contributed by atoms with Crippen molar-refractivity contribution in [3.63, 3.8) is 0 Å². The Hall–Kier alpha value is -2.62. The summed E-state index contributed by atoms with van der Waals surface area (Å²) in [4.78, 5) is 4.54. The van der Waals surface area contributed by atoms with Crippen LogP contribution in [0.4, 0.5) is 0 Å². The maximum absolute atomic E-state index is 6.27. The summed E-state index contributed by atoms with van der Waals surface area (Å²) in [5, 5.41) is 9.39. The van der Waals surface area contributed by atoms with Crippen LogP contribution in [0.15, 0.2) is 18.2 Å². The van der Waals surface area contributed by atoms with Crippen LogP contribution in [-0.2, 0) is 17.9 Å². The molecule has 0 unspecified atom stereocenters. The largest absolute Gasteiger partial charge is 0.371 e. The zero-order valence-corrected chi connectivity index (χ0v) is 15.6. The molecule has 2 aromatic heterocycles. The Morgan fingerprint density at radius 3 is 2.88 bits per heavy atom. The lowest BCUT2D eigenvalue weighted by Gasteiger charge is -2.10.